The van der Waals surface area contributed by atoms with Crippen LogP contribution in [0.3, 0.4) is 0 Å². The summed E-state index contributed by atoms with van der Waals surface area (Å²) in [5, 5.41) is 6.17. The zero-order chi connectivity index (χ0) is 22.5. The lowest BCUT2D eigenvalue weighted by molar-refractivity contribution is 0.100. The summed E-state index contributed by atoms with van der Waals surface area (Å²) in [6.45, 7) is 7.53. The lowest BCUT2D eigenvalue weighted by Crippen LogP contribution is -2.25. The van der Waals surface area contributed by atoms with Crippen LogP contribution in [0.25, 0.3) is 0 Å². The number of nitrogens with two attached hydrogens (primary N) is 1. The number of benzene rings is 1. The van der Waals surface area contributed by atoms with Gasteiger partial charge >= 0.3 is 10.1 Å². The summed E-state index contributed by atoms with van der Waals surface area (Å²) >= 11 is 0. The summed E-state index contributed by atoms with van der Waals surface area (Å²) in [6, 6.07) is 4.66. The Kier molecular flexibility index (Phi) is 7.43. The molecule has 1 unspecified atom stereocenters. The van der Waals surface area contributed by atoms with Gasteiger partial charge in [-0.25, -0.2) is 4.98 Å². The Morgan fingerprint density at radius 1 is 1.23 bits per heavy atom. The number of ether oxygens (including phenoxy) is 1. The molecule has 1 amide bonds. The second-order valence-corrected chi connectivity index (χ2v) is 8.78. The van der Waals surface area contributed by atoms with Crippen molar-refractivity contribution in [3.63, 3.8) is 0 Å². The summed E-state index contributed by atoms with van der Waals surface area (Å²) < 4.78 is 33.7. The molecule has 30 heavy (non-hydrogen) atoms. The average Bonchev–Trinajstić information content (AvgIpc) is 2.68. The van der Waals surface area contributed by atoms with Gasteiger partial charge in [-0.1, -0.05) is 13.8 Å². The van der Waals surface area contributed by atoms with Crippen LogP contribution in [0.4, 0.5) is 17.5 Å². The molecule has 2 aromatic rings. The molecule has 164 valence electrons. The van der Waals surface area contributed by atoms with Crippen molar-refractivity contribution >= 4 is 33.5 Å². The Labute approximate surface area is 176 Å². The van der Waals surface area contributed by atoms with E-state index in [4.69, 9.17) is 14.7 Å². The average molecular weight is 438 g/mol. The van der Waals surface area contributed by atoms with E-state index in [0.29, 0.717) is 17.4 Å². The molecule has 0 aliphatic carbocycles. The first kappa shape index (κ1) is 23.2. The maximum absolute atomic E-state index is 11.7. The van der Waals surface area contributed by atoms with Gasteiger partial charge in [0.05, 0.1) is 18.4 Å². The van der Waals surface area contributed by atoms with Gasteiger partial charge in [0.2, 0.25) is 5.95 Å². The molecular formula is C19H27N5O5S. The van der Waals surface area contributed by atoms with E-state index in [2.05, 4.69) is 20.6 Å². The van der Waals surface area contributed by atoms with Crippen molar-refractivity contribution in [1.29, 1.82) is 0 Å². The quantitative estimate of drug-likeness (QED) is 0.477. The van der Waals surface area contributed by atoms with Gasteiger partial charge in [-0.2, -0.15) is 13.4 Å². The Morgan fingerprint density at radius 3 is 2.50 bits per heavy atom. The SMILES string of the molecule is CCS(=O)(=O)Oc1ccc(Nc2ncc(C(N)=O)c(NC(C)C(C)C)n2)cc1OC. The van der Waals surface area contributed by atoms with Crippen LogP contribution in [0.5, 0.6) is 11.5 Å². The van der Waals surface area contributed by atoms with Crippen molar-refractivity contribution in [2.45, 2.75) is 33.7 Å². The first-order chi connectivity index (χ1) is 14.1. The molecule has 0 radical (unpaired) electrons. The Bertz CT molecular complexity index is 1010. The standard InChI is InChI=1S/C19H27N5O5S/c1-6-30(26,27)29-15-8-7-13(9-16(15)28-5)23-19-21-10-14(17(20)25)18(24-19)22-12(4)11(2)3/h7-12H,6H2,1-5H3,(H2,20,25)(H2,21,22,23,24). The molecule has 1 aromatic carbocycles. The largest absolute Gasteiger partial charge is 0.493 e. The molecule has 0 saturated carbocycles. The van der Waals surface area contributed by atoms with E-state index in [-0.39, 0.29) is 34.8 Å². The van der Waals surface area contributed by atoms with Crippen LogP contribution in [0.15, 0.2) is 24.4 Å². The molecule has 0 bridgehead atoms. The van der Waals surface area contributed by atoms with Crippen molar-refractivity contribution in [3.8, 4) is 11.5 Å². The third-order valence-electron chi connectivity index (χ3n) is 4.41. The summed E-state index contributed by atoms with van der Waals surface area (Å²) in [5.41, 5.74) is 6.14. The number of carbonyl (C=O) groups excluding carboxylic acids is 1. The molecule has 1 aromatic heterocycles. The fourth-order valence-electron chi connectivity index (χ4n) is 2.25. The second kappa shape index (κ2) is 9.61. The normalized spacial score (nSPS) is 12.3. The Balaban J connectivity index is 2.32. The topological polar surface area (TPSA) is 146 Å². The number of amides is 1. The van der Waals surface area contributed by atoms with E-state index in [1.165, 1.54) is 26.3 Å². The van der Waals surface area contributed by atoms with E-state index in [9.17, 15) is 13.2 Å². The van der Waals surface area contributed by atoms with Crippen LogP contribution in [-0.2, 0) is 10.1 Å². The number of carbonyl (C=O) groups is 1. The van der Waals surface area contributed by atoms with E-state index in [1.54, 1.807) is 12.1 Å². The van der Waals surface area contributed by atoms with E-state index < -0.39 is 16.0 Å². The first-order valence-electron chi connectivity index (χ1n) is 9.36. The third kappa shape index (κ3) is 5.96. The fraction of sp³-hybridized carbons (Fsp3) is 0.421. The summed E-state index contributed by atoms with van der Waals surface area (Å²) in [7, 11) is -2.29. The number of anilines is 3. The lowest BCUT2D eigenvalue weighted by atomic mass is 10.1. The monoisotopic (exact) mass is 437 g/mol. The minimum absolute atomic E-state index is 0.0443. The number of aromatic nitrogens is 2. The zero-order valence-corrected chi connectivity index (χ0v) is 18.4. The highest BCUT2D eigenvalue weighted by Gasteiger charge is 2.17. The molecule has 1 atom stereocenters. The van der Waals surface area contributed by atoms with Crippen molar-refractivity contribution < 1.29 is 22.1 Å². The highest BCUT2D eigenvalue weighted by Crippen LogP contribution is 2.32. The van der Waals surface area contributed by atoms with Crippen LogP contribution in [0.2, 0.25) is 0 Å². The van der Waals surface area contributed by atoms with E-state index in [0.717, 1.165) is 0 Å². The van der Waals surface area contributed by atoms with Crippen LogP contribution in [0.1, 0.15) is 38.1 Å². The molecule has 2 rings (SSSR count). The van der Waals surface area contributed by atoms with Gasteiger partial charge in [0.1, 0.15) is 5.82 Å². The predicted molar refractivity (Wildman–Crippen MR) is 115 cm³/mol. The van der Waals surface area contributed by atoms with Crippen LogP contribution in [-0.4, -0.2) is 43.2 Å². The molecule has 4 N–H and O–H groups in total. The van der Waals surface area contributed by atoms with Crippen molar-refractivity contribution in [2.75, 3.05) is 23.5 Å². The zero-order valence-electron chi connectivity index (χ0n) is 17.6. The van der Waals surface area contributed by atoms with Crippen molar-refractivity contribution in [1.82, 2.24) is 9.97 Å². The molecular weight excluding hydrogens is 410 g/mol. The Hall–Kier alpha value is -3.08. The maximum atomic E-state index is 11.7. The van der Waals surface area contributed by atoms with Crippen LogP contribution < -0.4 is 25.3 Å². The highest BCUT2D eigenvalue weighted by atomic mass is 32.2. The fourth-order valence-corrected chi connectivity index (χ4v) is 2.78. The smallest absolute Gasteiger partial charge is 0.309 e. The molecule has 0 spiro atoms. The second-order valence-electron chi connectivity index (χ2n) is 6.92. The van der Waals surface area contributed by atoms with Gasteiger partial charge in [0.25, 0.3) is 5.91 Å². The van der Waals surface area contributed by atoms with Gasteiger partial charge in [-0.05, 0) is 31.9 Å². The Morgan fingerprint density at radius 2 is 1.93 bits per heavy atom. The van der Waals surface area contributed by atoms with Gasteiger partial charge in [-0.15, -0.1) is 0 Å². The van der Waals surface area contributed by atoms with Gasteiger partial charge < -0.3 is 25.3 Å². The third-order valence-corrected chi connectivity index (χ3v) is 5.55. The summed E-state index contributed by atoms with van der Waals surface area (Å²) in [4.78, 5) is 20.2. The molecule has 10 nitrogen and oxygen atoms in total. The summed E-state index contributed by atoms with van der Waals surface area (Å²) in [5.74, 6) is 0.326. The van der Waals surface area contributed by atoms with Gasteiger partial charge in [-0.3, -0.25) is 4.79 Å². The molecule has 0 aliphatic rings. The number of hydrogen-bond acceptors (Lipinski definition) is 9. The summed E-state index contributed by atoms with van der Waals surface area (Å²) in [6.07, 6.45) is 1.34. The number of primary amides is 1. The number of nitrogens with one attached hydrogen (secondary N) is 2. The number of hydrogen-bond donors (Lipinski definition) is 3. The molecule has 0 aliphatic heterocycles. The van der Waals surface area contributed by atoms with Crippen LogP contribution >= 0.6 is 0 Å². The van der Waals surface area contributed by atoms with Crippen LogP contribution in [0, 0.1) is 5.92 Å². The molecule has 0 fully saturated rings. The van der Waals surface area contributed by atoms with Crippen molar-refractivity contribution in [3.05, 3.63) is 30.0 Å². The van der Waals surface area contributed by atoms with Gasteiger partial charge in [0.15, 0.2) is 11.5 Å². The van der Waals surface area contributed by atoms with Gasteiger partial charge in [0, 0.05) is 24.0 Å². The molecule has 11 heteroatoms. The first-order valence-corrected chi connectivity index (χ1v) is 10.9. The molecule has 0 saturated heterocycles. The lowest BCUT2D eigenvalue weighted by Gasteiger charge is -2.20. The van der Waals surface area contributed by atoms with E-state index in [1.807, 2.05) is 20.8 Å². The number of methoxy groups -OCH3 is 1. The molecule has 1 heterocycles. The maximum Gasteiger partial charge on any atom is 0.309 e. The number of rotatable bonds is 10. The van der Waals surface area contributed by atoms with E-state index >= 15 is 0 Å². The number of nitrogens with zero attached hydrogens (tertiary/aromatic N) is 2. The van der Waals surface area contributed by atoms with Crippen molar-refractivity contribution in [2.24, 2.45) is 11.7 Å². The predicted octanol–water partition coefficient (Wildman–Crippen LogP) is 2.51. The highest BCUT2D eigenvalue weighted by molar-refractivity contribution is 7.87. The minimum Gasteiger partial charge on any atom is -0.493 e. The minimum atomic E-state index is -3.69.